The molecule has 4 N–H and O–H groups in total. The van der Waals surface area contributed by atoms with Gasteiger partial charge in [-0.05, 0) is 25.8 Å². The Bertz CT molecular complexity index is 232. The average molecular weight is 244 g/mol. The number of carboxylic acids is 1. The molecule has 0 heterocycles. The quantitative estimate of drug-likeness (QED) is 0.504. The SMILES string of the molecule is CCCC(CC(=O)O)NC(=O)CCCCCN. The second-order valence-electron chi connectivity index (χ2n) is 4.25. The number of nitrogens with one attached hydrogen (secondary N) is 1. The van der Waals surface area contributed by atoms with Crippen molar-refractivity contribution >= 4 is 11.9 Å². The third kappa shape index (κ3) is 9.81. The predicted octanol–water partition coefficient (Wildman–Crippen LogP) is 1.27. The molecule has 0 aromatic heterocycles. The van der Waals surface area contributed by atoms with Crippen LogP contribution in [0.2, 0.25) is 0 Å². The summed E-state index contributed by atoms with van der Waals surface area (Å²) >= 11 is 0. The number of unbranched alkanes of at least 4 members (excludes halogenated alkanes) is 2. The Hall–Kier alpha value is -1.10. The number of nitrogens with two attached hydrogens (primary N) is 1. The van der Waals surface area contributed by atoms with Gasteiger partial charge in [-0.1, -0.05) is 19.8 Å². The number of amides is 1. The minimum atomic E-state index is -0.869. The van der Waals surface area contributed by atoms with Crippen molar-refractivity contribution < 1.29 is 14.7 Å². The van der Waals surface area contributed by atoms with E-state index in [1.165, 1.54) is 0 Å². The summed E-state index contributed by atoms with van der Waals surface area (Å²) in [6.07, 6.45) is 4.73. The first-order chi connectivity index (χ1) is 8.10. The molecule has 5 heteroatoms. The Morgan fingerprint density at radius 2 is 2.00 bits per heavy atom. The predicted molar refractivity (Wildman–Crippen MR) is 66.6 cm³/mol. The standard InChI is InChI=1S/C12H24N2O3/c1-2-6-10(9-12(16)17)14-11(15)7-4-3-5-8-13/h10H,2-9,13H2,1H3,(H,14,15)(H,16,17). The van der Waals surface area contributed by atoms with Crippen LogP contribution in [0.25, 0.3) is 0 Å². The lowest BCUT2D eigenvalue weighted by Crippen LogP contribution is -2.36. The van der Waals surface area contributed by atoms with Crippen molar-refractivity contribution in [1.29, 1.82) is 0 Å². The summed E-state index contributed by atoms with van der Waals surface area (Å²) in [6, 6.07) is -0.237. The van der Waals surface area contributed by atoms with Crippen molar-refractivity contribution in [2.45, 2.75) is 57.9 Å². The zero-order valence-corrected chi connectivity index (χ0v) is 10.6. The van der Waals surface area contributed by atoms with E-state index in [0.29, 0.717) is 19.4 Å². The maximum atomic E-state index is 11.5. The van der Waals surface area contributed by atoms with Crippen molar-refractivity contribution in [2.24, 2.45) is 5.73 Å². The highest BCUT2D eigenvalue weighted by Gasteiger charge is 2.14. The molecule has 0 aliphatic heterocycles. The zero-order valence-electron chi connectivity index (χ0n) is 10.6. The number of carbonyl (C=O) groups is 2. The van der Waals surface area contributed by atoms with E-state index in [-0.39, 0.29) is 18.4 Å². The van der Waals surface area contributed by atoms with Crippen LogP contribution in [0.3, 0.4) is 0 Å². The monoisotopic (exact) mass is 244 g/mol. The number of hydrogen-bond donors (Lipinski definition) is 3. The number of carboxylic acid groups (broad SMARTS) is 1. The van der Waals surface area contributed by atoms with Crippen LogP contribution in [0.1, 0.15) is 51.9 Å². The molecule has 0 aromatic carbocycles. The molecule has 5 nitrogen and oxygen atoms in total. The minimum Gasteiger partial charge on any atom is -0.481 e. The topological polar surface area (TPSA) is 92.4 Å². The fourth-order valence-corrected chi connectivity index (χ4v) is 1.69. The van der Waals surface area contributed by atoms with Crippen LogP contribution in [0.15, 0.2) is 0 Å². The molecule has 17 heavy (non-hydrogen) atoms. The number of hydrogen-bond acceptors (Lipinski definition) is 3. The third-order valence-electron chi connectivity index (χ3n) is 2.53. The van der Waals surface area contributed by atoms with Crippen molar-refractivity contribution in [1.82, 2.24) is 5.32 Å². The highest BCUT2D eigenvalue weighted by molar-refractivity contribution is 5.77. The Kier molecular flexibility index (Phi) is 9.43. The van der Waals surface area contributed by atoms with Crippen molar-refractivity contribution in [3.05, 3.63) is 0 Å². The van der Waals surface area contributed by atoms with Gasteiger partial charge in [0.05, 0.1) is 6.42 Å². The van der Waals surface area contributed by atoms with Gasteiger partial charge >= 0.3 is 5.97 Å². The van der Waals surface area contributed by atoms with E-state index in [2.05, 4.69) is 5.32 Å². The minimum absolute atomic E-state index is 0.00236. The lowest BCUT2D eigenvalue weighted by Gasteiger charge is -2.15. The van der Waals surface area contributed by atoms with Gasteiger partial charge in [-0.15, -0.1) is 0 Å². The first-order valence-corrected chi connectivity index (χ1v) is 6.31. The summed E-state index contributed by atoms with van der Waals surface area (Å²) < 4.78 is 0. The lowest BCUT2D eigenvalue weighted by molar-refractivity contribution is -0.137. The van der Waals surface area contributed by atoms with Crippen molar-refractivity contribution in [3.8, 4) is 0 Å². The molecule has 0 aromatic rings. The molecule has 1 unspecified atom stereocenters. The van der Waals surface area contributed by atoms with Gasteiger partial charge in [-0.3, -0.25) is 9.59 Å². The van der Waals surface area contributed by atoms with E-state index in [1.807, 2.05) is 6.92 Å². The molecule has 0 radical (unpaired) electrons. The summed E-state index contributed by atoms with van der Waals surface area (Å²) in [5.74, 6) is -0.923. The van der Waals surface area contributed by atoms with Crippen molar-refractivity contribution in [3.63, 3.8) is 0 Å². The molecule has 0 saturated heterocycles. The molecule has 0 aliphatic rings. The Labute approximate surface area is 103 Å². The third-order valence-corrected chi connectivity index (χ3v) is 2.53. The van der Waals surface area contributed by atoms with Gasteiger partial charge in [0.25, 0.3) is 0 Å². The molecular weight excluding hydrogens is 220 g/mol. The first-order valence-electron chi connectivity index (χ1n) is 6.31. The van der Waals surface area contributed by atoms with E-state index >= 15 is 0 Å². The van der Waals surface area contributed by atoms with Gasteiger partial charge in [0.2, 0.25) is 5.91 Å². The molecule has 0 bridgehead atoms. The van der Waals surface area contributed by atoms with Crippen LogP contribution >= 0.6 is 0 Å². The zero-order chi connectivity index (χ0) is 13.1. The summed E-state index contributed by atoms with van der Waals surface area (Å²) in [5, 5.41) is 11.5. The Morgan fingerprint density at radius 3 is 2.53 bits per heavy atom. The smallest absolute Gasteiger partial charge is 0.305 e. The molecular formula is C12H24N2O3. The number of carbonyl (C=O) groups excluding carboxylic acids is 1. The first kappa shape index (κ1) is 15.9. The second-order valence-corrected chi connectivity index (χ2v) is 4.25. The van der Waals surface area contributed by atoms with E-state index in [0.717, 1.165) is 25.7 Å². The van der Waals surface area contributed by atoms with E-state index in [9.17, 15) is 9.59 Å². The number of rotatable bonds is 10. The van der Waals surface area contributed by atoms with Crippen molar-refractivity contribution in [2.75, 3.05) is 6.54 Å². The van der Waals surface area contributed by atoms with Crippen LogP contribution in [0, 0.1) is 0 Å². The number of aliphatic carboxylic acids is 1. The Morgan fingerprint density at radius 1 is 1.29 bits per heavy atom. The normalized spacial score (nSPS) is 12.1. The van der Waals surface area contributed by atoms with Gasteiger partial charge in [-0.2, -0.15) is 0 Å². The van der Waals surface area contributed by atoms with Gasteiger partial charge in [0, 0.05) is 12.5 Å². The second kappa shape index (κ2) is 10.1. The van der Waals surface area contributed by atoms with E-state index < -0.39 is 5.97 Å². The Balaban J connectivity index is 3.82. The van der Waals surface area contributed by atoms with Crippen LogP contribution in [-0.2, 0) is 9.59 Å². The molecule has 0 aliphatic carbocycles. The molecule has 0 spiro atoms. The summed E-state index contributed by atoms with van der Waals surface area (Å²) in [5.41, 5.74) is 5.35. The summed E-state index contributed by atoms with van der Waals surface area (Å²) in [4.78, 5) is 22.1. The fraction of sp³-hybridized carbons (Fsp3) is 0.833. The van der Waals surface area contributed by atoms with Gasteiger partial charge in [-0.25, -0.2) is 0 Å². The largest absolute Gasteiger partial charge is 0.481 e. The van der Waals surface area contributed by atoms with Gasteiger partial charge < -0.3 is 16.2 Å². The fourth-order valence-electron chi connectivity index (χ4n) is 1.69. The highest BCUT2D eigenvalue weighted by Crippen LogP contribution is 2.04. The highest BCUT2D eigenvalue weighted by atomic mass is 16.4. The van der Waals surface area contributed by atoms with Gasteiger partial charge in [0.15, 0.2) is 0 Å². The maximum Gasteiger partial charge on any atom is 0.305 e. The lowest BCUT2D eigenvalue weighted by atomic mass is 10.1. The summed E-state index contributed by atoms with van der Waals surface area (Å²) in [6.45, 7) is 2.63. The van der Waals surface area contributed by atoms with E-state index in [1.54, 1.807) is 0 Å². The van der Waals surface area contributed by atoms with Crippen LogP contribution in [0.4, 0.5) is 0 Å². The van der Waals surface area contributed by atoms with Crippen LogP contribution in [-0.4, -0.2) is 29.6 Å². The molecule has 0 fully saturated rings. The average Bonchev–Trinajstić information content (AvgIpc) is 2.24. The molecule has 0 saturated carbocycles. The van der Waals surface area contributed by atoms with Crippen LogP contribution in [0.5, 0.6) is 0 Å². The summed E-state index contributed by atoms with van der Waals surface area (Å²) in [7, 11) is 0. The maximum absolute atomic E-state index is 11.5. The van der Waals surface area contributed by atoms with E-state index in [4.69, 9.17) is 10.8 Å². The molecule has 100 valence electrons. The van der Waals surface area contributed by atoms with Gasteiger partial charge in [0.1, 0.15) is 0 Å². The van der Waals surface area contributed by atoms with Crippen LogP contribution < -0.4 is 11.1 Å². The molecule has 1 atom stereocenters. The molecule has 1 amide bonds. The molecule has 0 rings (SSSR count).